The van der Waals surface area contributed by atoms with Crippen molar-refractivity contribution in [3.05, 3.63) is 71.8 Å². The van der Waals surface area contributed by atoms with Crippen molar-refractivity contribution in [3.63, 3.8) is 0 Å². The summed E-state index contributed by atoms with van der Waals surface area (Å²) in [5.74, 6) is -0.468. The van der Waals surface area contributed by atoms with Gasteiger partial charge in [0.05, 0.1) is 31.8 Å². The van der Waals surface area contributed by atoms with Crippen LogP contribution in [0.5, 0.6) is 0 Å². The monoisotopic (exact) mass is 676 g/mol. The molecule has 3 fully saturated rings. The van der Waals surface area contributed by atoms with Crippen molar-refractivity contribution in [1.29, 1.82) is 0 Å². The smallest absolute Gasteiger partial charge is 0.459 e. The molecule has 2 aromatic rings. The van der Waals surface area contributed by atoms with E-state index < -0.39 is 24.0 Å². The van der Waals surface area contributed by atoms with Gasteiger partial charge in [0.15, 0.2) is 0 Å². The second kappa shape index (κ2) is 18.9. The zero-order valence-electron chi connectivity index (χ0n) is 30.3. The molecule has 0 aromatic heterocycles. The average molecular weight is 677 g/mol. The molecule has 3 saturated heterocycles. The Morgan fingerprint density at radius 2 is 1.22 bits per heavy atom. The molecule has 0 saturated carbocycles. The van der Waals surface area contributed by atoms with Crippen LogP contribution >= 0.6 is 0 Å². The van der Waals surface area contributed by atoms with Gasteiger partial charge in [-0.05, 0) is 24.5 Å². The minimum atomic E-state index is -1.62. The molecule has 3 atom stereocenters. The van der Waals surface area contributed by atoms with Crippen LogP contribution in [0, 0.1) is 0 Å². The summed E-state index contributed by atoms with van der Waals surface area (Å²) in [6, 6.07) is 20.0. The van der Waals surface area contributed by atoms with E-state index in [2.05, 4.69) is 6.92 Å². The largest absolute Gasteiger partial charge is 0.510 e. The molecule has 3 unspecified atom stereocenters. The van der Waals surface area contributed by atoms with Crippen molar-refractivity contribution in [1.82, 2.24) is 0 Å². The van der Waals surface area contributed by atoms with E-state index in [9.17, 15) is 9.59 Å². The van der Waals surface area contributed by atoms with Gasteiger partial charge in [-0.2, -0.15) is 0 Å². The van der Waals surface area contributed by atoms with Crippen LogP contribution < -0.4 is 0 Å². The number of quaternary nitrogens is 1. The summed E-state index contributed by atoms with van der Waals surface area (Å²) in [6.45, 7) is 6.73. The number of esters is 1. The van der Waals surface area contributed by atoms with Crippen LogP contribution in [0.25, 0.3) is 0 Å². The summed E-state index contributed by atoms with van der Waals surface area (Å²) in [4.78, 5) is 27.3. The molecule has 3 aliphatic rings. The van der Waals surface area contributed by atoms with E-state index in [0.29, 0.717) is 29.8 Å². The Balaban J connectivity index is 1.15. The van der Waals surface area contributed by atoms with Gasteiger partial charge >= 0.3 is 12.1 Å². The number of carbonyl (C=O) groups excluding carboxylic acids is 2. The lowest BCUT2D eigenvalue weighted by Gasteiger charge is -2.47. The maximum atomic E-state index is 14.6. The van der Waals surface area contributed by atoms with Crippen LogP contribution in [-0.2, 0) is 29.3 Å². The first-order valence-corrected chi connectivity index (χ1v) is 19.7. The van der Waals surface area contributed by atoms with E-state index in [-0.39, 0.29) is 6.10 Å². The van der Waals surface area contributed by atoms with E-state index in [4.69, 9.17) is 18.9 Å². The molecule has 3 heterocycles. The highest BCUT2D eigenvalue weighted by Crippen LogP contribution is 2.47. The number of ether oxygens (including phenoxy) is 4. The molecule has 0 aliphatic carbocycles. The van der Waals surface area contributed by atoms with Gasteiger partial charge in [0.25, 0.3) is 0 Å². The van der Waals surface area contributed by atoms with Crippen molar-refractivity contribution >= 4 is 12.1 Å². The van der Waals surface area contributed by atoms with Gasteiger partial charge < -0.3 is 23.4 Å². The van der Waals surface area contributed by atoms with Gasteiger partial charge in [0.2, 0.25) is 11.9 Å². The molecule has 5 rings (SSSR count). The van der Waals surface area contributed by atoms with E-state index >= 15 is 0 Å². The number of rotatable bonds is 20. The van der Waals surface area contributed by atoms with Gasteiger partial charge in [0, 0.05) is 38.5 Å². The lowest BCUT2D eigenvalue weighted by molar-refractivity contribution is -0.956. The highest BCUT2D eigenvalue weighted by atomic mass is 16.8. The molecule has 270 valence electrons. The van der Waals surface area contributed by atoms with Crippen LogP contribution in [0.3, 0.4) is 0 Å². The molecule has 7 nitrogen and oxygen atoms in total. The predicted molar refractivity (Wildman–Crippen MR) is 193 cm³/mol. The first-order chi connectivity index (χ1) is 24.0. The van der Waals surface area contributed by atoms with Gasteiger partial charge in [-0.1, -0.05) is 138 Å². The average Bonchev–Trinajstić information content (AvgIpc) is 3.66. The Kier molecular flexibility index (Phi) is 14.4. The van der Waals surface area contributed by atoms with Crippen LogP contribution in [0.1, 0.15) is 141 Å². The summed E-state index contributed by atoms with van der Waals surface area (Å²) >= 11 is 0. The second-order valence-corrected chi connectivity index (χ2v) is 14.8. The summed E-state index contributed by atoms with van der Waals surface area (Å²) in [5.41, 5.74) is -0.352. The van der Waals surface area contributed by atoms with Crippen molar-refractivity contribution in [3.8, 4) is 0 Å². The molecule has 0 amide bonds. The SMILES string of the molecule is CCCCCCCCCCCCCCOC(=O)OC(C)OC(C(=O)OC1CC2CCC(C1)[N+]21CCCC1)(c1ccccc1)c1ccccc1. The highest BCUT2D eigenvalue weighted by Gasteiger charge is 2.57. The molecule has 0 radical (unpaired) electrons. The number of nitrogens with zero attached hydrogens (tertiary/aromatic N) is 1. The van der Waals surface area contributed by atoms with Crippen molar-refractivity contribution in [2.75, 3.05) is 19.7 Å². The van der Waals surface area contributed by atoms with Gasteiger partial charge in [0.1, 0.15) is 6.10 Å². The normalized spacial score (nSPS) is 21.8. The third-order valence-electron chi connectivity index (χ3n) is 11.5. The second-order valence-electron chi connectivity index (χ2n) is 14.8. The predicted octanol–water partition coefficient (Wildman–Crippen LogP) is 9.99. The number of unbranched alkanes of at least 4 members (excludes halogenated alkanes) is 11. The fourth-order valence-corrected chi connectivity index (χ4v) is 9.01. The quantitative estimate of drug-likeness (QED) is 0.0602. The molecule has 2 aromatic carbocycles. The topological polar surface area (TPSA) is 71.1 Å². The summed E-state index contributed by atoms with van der Waals surface area (Å²) in [6.07, 6.45) is 19.7. The standard InChI is InChI=1S/C42H62NO6/c1-3-4-5-6-7-8-9-10-11-12-13-22-31-46-41(45)47-34(2)49-42(35-23-16-14-17-24-35,36-25-18-15-19-26-36)40(44)48-39-32-37-27-28-38(33-39)43(37)29-20-21-30-43/h14-19,23-26,34,37-39H,3-13,20-22,27-33H2,1-2H3/q+1. The van der Waals surface area contributed by atoms with Crippen molar-refractivity contribution in [2.45, 2.75) is 160 Å². The van der Waals surface area contributed by atoms with Gasteiger partial charge in [-0.3, -0.25) is 0 Å². The van der Waals surface area contributed by atoms with Crippen molar-refractivity contribution in [2.24, 2.45) is 0 Å². The van der Waals surface area contributed by atoms with E-state index in [1.807, 2.05) is 60.7 Å². The Labute approximate surface area is 295 Å². The van der Waals surface area contributed by atoms with Crippen LogP contribution in [0.2, 0.25) is 0 Å². The van der Waals surface area contributed by atoms with Crippen molar-refractivity contribution < 1.29 is 33.0 Å². The fraction of sp³-hybridized carbons (Fsp3) is 0.667. The Bertz CT molecular complexity index is 1210. The molecular weight excluding hydrogens is 614 g/mol. The first kappa shape index (κ1) is 37.4. The zero-order chi connectivity index (χ0) is 34.4. The maximum absolute atomic E-state index is 14.6. The fourth-order valence-electron chi connectivity index (χ4n) is 9.01. The Hall–Kier alpha value is -2.90. The number of hydrogen-bond donors (Lipinski definition) is 0. The first-order valence-electron chi connectivity index (χ1n) is 19.7. The van der Waals surface area contributed by atoms with E-state index in [1.54, 1.807) is 6.92 Å². The van der Waals surface area contributed by atoms with E-state index in [1.165, 1.54) is 101 Å². The van der Waals surface area contributed by atoms with Crippen LogP contribution in [-0.4, -0.2) is 60.8 Å². The van der Waals surface area contributed by atoms with Crippen LogP contribution in [0.4, 0.5) is 4.79 Å². The number of piperidine rings is 1. The molecule has 0 N–H and O–H groups in total. The molecule has 49 heavy (non-hydrogen) atoms. The summed E-state index contributed by atoms with van der Waals surface area (Å²) in [7, 11) is 0. The number of benzene rings is 2. The summed E-state index contributed by atoms with van der Waals surface area (Å²) < 4.78 is 25.3. The Morgan fingerprint density at radius 1 is 0.735 bits per heavy atom. The molecule has 2 bridgehead atoms. The maximum Gasteiger partial charge on any atom is 0.510 e. The lowest BCUT2D eigenvalue weighted by Crippen LogP contribution is -2.60. The zero-order valence-corrected chi connectivity index (χ0v) is 30.3. The third-order valence-corrected chi connectivity index (χ3v) is 11.5. The number of hydrogen-bond acceptors (Lipinski definition) is 6. The van der Waals surface area contributed by atoms with Gasteiger partial charge in [-0.25, -0.2) is 9.59 Å². The molecule has 7 heteroatoms. The molecule has 1 spiro atoms. The number of carbonyl (C=O) groups is 2. The molecule has 3 aliphatic heterocycles. The van der Waals surface area contributed by atoms with Crippen LogP contribution in [0.15, 0.2) is 60.7 Å². The third kappa shape index (κ3) is 9.67. The lowest BCUT2D eigenvalue weighted by atomic mass is 9.85. The highest BCUT2D eigenvalue weighted by molar-refractivity contribution is 5.86. The Morgan fingerprint density at radius 3 is 1.73 bits per heavy atom. The minimum absolute atomic E-state index is 0.165. The van der Waals surface area contributed by atoms with Gasteiger partial charge in [-0.15, -0.1) is 0 Å². The molecular formula is C42H62NO6+. The van der Waals surface area contributed by atoms with E-state index in [0.717, 1.165) is 32.1 Å². The summed E-state index contributed by atoms with van der Waals surface area (Å²) in [5, 5.41) is 0. The minimum Gasteiger partial charge on any atom is -0.459 e.